The van der Waals surface area contributed by atoms with Gasteiger partial charge in [0.25, 0.3) is 10.0 Å². The van der Waals surface area contributed by atoms with Gasteiger partial charge in [-0.2, -0.15) is 0 Å². The van der Waals surface area contributed by atoms with E-state index < -0.39 is 21.8 Å². The Balaban J connectivity index is 1.93. The number of hydrogen-bond acceptors (Lipinski definition) is 3. The molecule has 3 rings (SSSR count). The molecule has 1 aliphatic rings. The molecule has 0 aliphatic carbocycles. The zero-order chi connectivity index (χ0) is 17.3. The second-order valence-electron chi connectivity index (χ2n) is 5.80. The number of rotatable bonds is 4. The molecule has 2 aromatic carbocycles. The van der Waals surface area contributed by atoms with Crippen molar-refractivity contribution in [2.75, 3.05) is 10.8 Å². The largest absolute Gasteiger partial charge is 0.369 e. The Hall–Kier alpha value is -2.60. The van der Waals surface area contributed by atoms with Gasteiger partial charge in [0.2, 0.25) is 5.91 Å². The normalized spacial score (nSPS) is 17.2. The highest BCUT2D eigenvalue weighted by Gasteiger charge is 2.37. The first-order valence-corrected chi connectivity index (χ1v) is 9.04. The lowest BCUT2D eigenvalue weighted by Crippen LogP contribution is -2.31. The van der Waals surface area contributed by atoms with Gasteiger partial charge in [-0.1, -0.05) is 48.0 Å². The van der Waals surface area contributed by atoms with Crippen molar-refractivity contribution in [2.45, 2.75) is 12.8 Å². The van der Waals surface area contributed by atoms with Crippen LogP contribution >= 0.6 is 0 Å². The van der Waals surface area contributed by atoms with Gasteiger partial charge < -0.3 is 5.73 Å². The summed E-state index contributed by atoms with van der Waals surface area (Å²) in [5.74, 6) is -1.15. The van der Waals surface area contributed by atoms with E-state index in [-0.39, 0.29) is 6.54 Å². The number of aryl methyl sites for hydroxylation is 1. The highest BCUT2D eigenvalue weighted by Crippen LogP contribution is 2.38. The lowest BCUT2D eigenvalue weighted by atomic mass is 10.0. The maximum Gasteiger partial charge on any atom is 0.257 e. The molecule has 1 atom stereocenters. The molecule has 0 aromatic heterocycles. The van der Waals surface area contributed by atoms with Crippen molar-refractivity contribution in [1.82, 2.24) is 0 Å². The fourth-order valence-corrected chi connectivity index (χ4v) is 4.04. The van der Waals surface area contributed by atoms with E-state index in [4.69, 9.17) is 5.73 Å². The fourth-order valence-electron chi connectivity index (χ4n) is 2.77. The first-order valence-electron chi connectivity index (χ1n) is 7.54. The average molecular weight is 342 g/mol. The monoisotopic (exact) mass is 342 g/mol. The number of benzene rings is 2. The molecule has 1 aliphatic heterocycles. The molecule has 2 N–H and O–H groups in total. The standard InChI is InChI=1S/C18H18N2O3S/c1-13-6-8-14(9-7-13)10-11-24(22,23)20-12-16(18(19)21)15-4-2-3-5-17(15)20/h2-11,16H,12H2,1H3,(H2,19,21)/b11-10+. The highest BCUT2D eigenvalue weighted by molar-refractivity contribution is 7.95. The SMILES string of the molecule is Cc1ccc(/C=C/S(=O)(=O)N2CC(C(N)=O)c3ccccc32)cc1. The lowest BCUT2D eigenvalue weighted by Gasteiger charge is -2.17. The van der Waals surface area contributed by atoms with E-state index >= 15 is 0 Å². The van der Waals surface area contributed by atoms with Gasteiger partial charge in [0.1, 0.15) is 0 Å². The van der Waals surface area contributed by atoms with Crippen LogP contribution in [-0.4, -0.2) is 20.9 Å². The first kappa shape index (κ1) is 16.3. The van der Waals surface area contributed by atoms with Gasteiger partial charge in [-0.15, -0.1) is 0 Å². The number of nitrogens with two attached hydrogens (primary N) is 1. The van der Waals surface area contributed by atoms with E-state index in [1.165, 1.54) is 4.31 Å². The molecular formula is C18H18N2O3S. The second kappa shape index (κ2) is 6.13. The predicted molar refractivity (Wildman–Crippen MR) is 94.9 cm³/mol. The van der Waals surface area contributed by atoms with Crippen LogP contribution in [0.25, 0.3) is 6.08 Å². The summed E-state index contributed by atoms with van der Waals surface area (Å²) in [4.78, 5) is 11.6. The van der Waals surface area contributed by atoms with Gasteiger partial charge in [0.05, 0.1) is 23.6 Å². The van der Waals surface area contributed by atoms with Crippen LogP contribution in [0.5, 0.6) is 0 Å². The first-order chi connectivity index (χ1) is 11.4. The van der Waals surface area contributed by atoms with Crippen molar-refractivity contribution in [3.63, 3.8) is 0 Å². The van der Waals surface area contributed by atoms with Gasteiger partial charge in [0.15, 0.2) is 0 Å². The molecule has 6 heteroatoms. The Bertz CT molecular complexity index is 902. The lowest BCUT2D eigenvalue weighted by molar-refractivity contribution is -0.119. The van der Waals surface area contributed by atoms with Crippen molar-refractivity contribution in [3.05, 3.63) is 70.6 Å². The van der Waals surface area contributed by atoms with Gasteiger partial charge in [-0.25, -0.2) is 8.42 Å². The molecule has 1 heterocycles. The zero-order valence-electron chi connectivity index (χ0n) is 13.2. The predicted octanol–water partition coefficient (Wildman–Crippen LogP) is 2.38. The molecule has 1 amide bonds. The minimum Gasteiger partial charge on any atom is -0.369 e. The molecule has 0 saturated carbocycles. The highest BCUT2D eigenvalue weighted by atomic mass is 32.2. The van der Waals surface area contributed by atoms with Crippen molar-refractivity contribution < 1.29 is 13.2 Å². The van der Waals surface area contributed by atoms with E-state index in [9.17, 15) is 13.2 Å². The molecule has 5 nitrogen and oxygen atoms in total. The molecule has 0 saturated heterocycles. The fraction of sp³-hybridized carbons (Fsp3) is 0.167. The molecular weight excluding hydrogens is 324 g/mol. The Labute approximate surface area is 141 Å². The van der Waals surface area contributed by atoms with Crippen molar-refractivity contribution >= 4 is 27.7 Å². The molecule has 1 unspecified atom stereocenters. The third-order valence-electron chi connectivity index (χ3n) is 4.09. The van der Waals surface area contributed by atoms with Crippen LogP contribution in [0.15, 0.2) is 53.9 Å². The summed E-state index contributed by atoms with van der Waals surface area (Å²) in [6, 6.07) is 14.5. The third kappa shape index (κ3) is 3.05. The number of nitrogens with zero attached hydrogens (tertiary/aromatic N) is 1. The average Bonchev–Trinajstić information content (AvgIpc) is 2.95. The topological polar surface area (TPSA) is 80.5 Å². The molecule has 0 fully saturated rings. The van der Waals surface area contributed by atoms with Gasteiger partial charge in [-0.05, 0) is 30.2 Å². The van der Waals surface area contributed by atoms with Crippen LogP contribution in [0.2, 0.25) is 0 Å². The number of anilines is 1. The number of carbonyl (C=O) groups is 1. The number of amides is 1. The summed E-state index contributed by atoms with van der Waals surface area (Å²) in [5, 5.41) is 1.16. The maximum atomic E-state index is 12.7. The molecule has 0 spiro atoms. The van der Waals surface area contributed by atoms with Crippen molar-refractivity contribution in [3.8, 4) is 0 Å². The minimum atomic E-state index is -3.70. The summed E-state index contributed by atoms with van der Waals surface area (Å²) in [5.41, 5.74) is 8.48. The second-order valence-corrected chi connectivity index (χ2v) is 7.55. The molecule has 0 bridgehead atoms. The van der Waals surface area contributed by atoms with E-state index in [1.54, 1.807) is 30.3 Å². The minimum absolute atomic E-state index is 0.0370. The Kier molecular flexibility index (Phi) is 4.15. The van der Waals surface area contributed by atoms with Crippen LogP contribution in [0.1, 0.15) is 22.6 Å². The van der Waals surface area contributed by atoms with E-state index in [2.05, 4.69) is 0 Å². The Morgan fingerprint density at radius 2 is 1.83 bits per heavy atom. The summed E-state index contributed by atoms with van der Waals surface area (Å²) in [7, 11) is -3.70. The van der Waals surface area contributed by atoms with Gasteiger partial charge in [0, 0.05) is 0 Å². The van der Waals surface area contributed by atoms with Crippen LogP contribution in [0.3, 0.4) is 0 Å². The van der Waals surface area contributed by atoms with Gasteiger partial charge >= 0.3 is 0 Å². The number of fused-ring (bicyclic) bond motifs is 1. The molecule has 124 valence electrons. The molecule has 24 heavy (non-hydrogen) atoms. The van der Waals surface area contributed by atoms with Crippen molar-refractivity contribution in [1.29, 1.82) is 0 Å². The van der Waals surface area contributed by atoms with Crippen LogP contribution in [0, 0.1) is 6.92 Å². The Morgan fingerprint density at radius 1 is 1.17 bits per heavy atom. The summed E-state index contributed by atoms with van der Waals surface area (Å²) >= 11 is 0. The van der Waals surface area contributed by atoms with Crippen LogP contribution in [0.4, 0.5) is 5.69 Å². The van der Waals surface area contributed by atoms with Crippen LogP contribution in [-0.2, 0) is 14.8 Å². The summed E-state index contributed by atoms with van der Waals surface area (Å²) in [6.45, 7) is 2.00. The van der Waals surface area contributed by atoms with Crippen LogP contribution < -0.4 is 10.0 Å². The van der Waals surface area contributed by atoms with E-state index in [0.717, 1.165) is 16.5 Å². The van der Waals surface area contributed by atoms with E-state index in [0.29, 0.717) is 11.3 Å². The smallest absolute Gasteiger partial charge is 0.257 e. The summed E-state index contributed by atoms with van der Waals surface area (Å²) in [6.07, 6.45) is 1.55. The number of primary amides is 1. The number of para-hydroxylation sites is 1. The maximum absolute atomic E-state index is 12.7. The molecule has 0 radical (unpaired) electrons. The Morgan fingerprint density at radius 3 is 2.50 bits per heavy atom. The van der Waals surface area contributed by atoms with E-state index in [1.807, 2.05) is 31.2 Å². The van der Waals surface area contributed by atoms with Crippen molar-refractivity contribution in [2.24, 2.45) is 5.73 Å². The number of carbonyl (C=O) groups excluding carboxylic acids is 1. The summed E-state index contributed by atoms with van der Waals surface area (Å²) < 4.78 is 26.6. The van der Waals surface area contributed by atoms with Gasteiger partial charge in [-0.3, -0.25) is 9.10 Å². The number of sulfonamides is 1. The molecule has 2 aromatic rings. The number of hydrogen-bond donors (Lipinski definition) is 1. The third-order valence-corrected chi connectivity index (χ3v) is 5.53. The zero-order valence-corrected chi connectivity index (χ0v) is 14.0. The quantitative estimate of drug-likeness (QED) is 0.926.